The van der Waals surface area contributed by atoms with Gasteiger partial charge in [0.25, 0.3) is 5.78 Å². The van der Waals surface area contributed by atoms with Crippen LogP contribution in [0.1, 0.15) is 38.5 Å². The van der Waals surface area contributed by atoms with Gasteiger partial charge < -0.3 is 9.80 Å². The molecule has 3 heterocycles. The van der Waals surface area contributed by atoms with Crippen molar-refractivity contribution in [2.24, 2.45) is 23.2 Å². The second kappa shape index (κ2) is 7.27. The minimum absolute atomic E-state index is 0.0484. The van der Waals surface area contributed by atoms with Crippen LogP contribution in [-0.2, 0) is 4.79 Å². The van der Waals surface area contributed by atoms with Crippen LogP contribution in [0.2, 0.25) is 0 Å². The van der Waals surface area contributed by atoms with Crippen LogP contribution in [-0.4, -0.2) is 56.6 Å². The number of carbonyl (C=O) groups excluding carboxylic acids is 1. The van der Waals surface area contributed by atoms with Crippen molar-refractivity contribution in [3.05, 3.63) is 42.7 Å². The van der Waals surface area contributed by atoms with E-state index in [9.17, 15) is 4.79 Å². The van der Waals surface area contributed by atoms with Crippen LogP contribution in [0.5, 0.6) is 0 Å². The maximum absolute atomic E-state index is 13.8. The number of anilines is 1. The first-order valence-electron chi connectivity index (χ1n) is 12.5. The van der Waals surface area contributed by atoms with E-state index in [0.717, 1.165) is 80.3 Å². The molecule has 4 saturated carbocycles. The summed E-state index contributed by atoms with van der Waals surface area (Å²) in [7, 11) is 0. The molecular formula is C26H30N6O. The fourth-order valence-electron chi connectivity index (χ4n) is 7.63. The van der Waals surface area contributed by atoms with Crippen LogP contribution in [0.3, 0.4) is 0 Å². The van der Waals surface area contributed by atoms with Gasteiger partial charge in [-0.1, -0.05) is 30.3 Å². The molecule has 1 aromatic carbocycles. The van der Waals surface area contributed by atoms with Gasteiger partial charge in [-0.05, 0) is 56.3 Å². The summed E-state index contributed by atoms with van der Waals surface area (Å²) >= 11 is 0. The van der Waals surface area contributed by atoms with Gasteiger partial charge >= 0.3 is 0 Å². The molecule has 5 fully saturated rings. The number of fused-ring (bicyclic) bond motifs is 1. The topological polar surface area (TPSA) is 66.6 Å². The second-order valence-corrected chi connectivity index (χ2v) is 10.8. The minimum Gasteiger partial charge on any atom is -0.353 e. The molecule has 2 aromatic heterocycles. The quantitative estimate of drug-likeness (QED) is 0.619. The Bertz CT molecular complexity index is 1160. The highest BCUT2D eigenvalue weighted by Gasteiger charge is 2.55. The largest absolute Gasteiger partial charge is 0.353 e. The van der Waals surface area contributed by atoms with Gasteiger partial charge in [0, 0.05) is 37.8 Å². The van der Waals surface area contributed by atoms with E-state index in [4.69, 9.17) is 4.98 Å². The van der Waals surface area contributed by atoms with E-state index in [1.807, 2.05) is 22.7 Å². The summed E-state index contributed by atoms with van der Waals surface area (Å²) in [6, 6.07) is 12.3. The molecule has 33 heavy (non-hydrogen) atoms. The zero-order chi connectivity index (χ0) is 22.0. The number of rotatable bonds is 3. The summed E-state index contributed by atoms with van der Waals surface area (Å²) in [6.07, 6.45) is 9.11. The SMILES string of the molecule is O=C(N1CCN(c2cc(-c3ccccc3)nc3ncnn23)CC1)C12CC3CC(CC(C3)C1)C2. The van der Waals surface area contributed by atoms with Gasteiger partial charge in [-0.3, -0.25) is 4.79 Å². The lowest BCUT2D eigenvalue weighted by Gasteiger charge is -2.57. The normalized spacial score (nSPS) is 30.8. The first kappa shape index (κ1) is 19.5. The Hall–Kier alpha value is -2.96. The maximum Gasteiger partial charge on any atom is 0.254 e. The van der Waals surface area contributed by atoms with E-state index in [2.05, 4.69) is 38.1 Å². The van der Waals surface area contributed by atoms with Crippen molar-refractivity contribution in [3.8, 4) is 11.3 Å². The molecule has 4 bridgehead atoms. The lowest BCUT2D eigenvalue weighted by Crippen LogP contribution is -2.58. The Labute approximate surface area is 193 Å². The fraction of sp³-hybridized carbons (Fsp3) is 0.538. The van der Waals surface area contributed by atoms with Crippen molar-refractivity contribution in [1.29, 1.82) is 0 Å². The first-order chi connectivity index (χ1) is 16.2. The van der Waals surface area contributed by atoms with Crippen LogP contribution < -0.4 is 4.90 Å². The molecule has 0 unspecified atom stereocenters. The average Bonchev–Trinajstić information content (AvgIpc) is 3.32. The van der Waals surface area contributed by atoms with E-state index >= 15 is 0 Å². The Morgan fingerprint density at radius 3 is 2.24 bits per heavy atom. The fourth-order valence-corrected chi connectivity index (χ4v) is 7.63. The Kier molecular flexibility index (Phi) is 4.30. The van der Waals surface area contributed by atoms with Gasteiger partial charge in [0.2, 0.25) is 5.91 Å². The highest BCUT2D eigenvalue weighted by molar-refractivity contribution is 5.83. The molecule has 7 heteroatoms. The molecule has 1 aliphatic heterocycles. The first-order valence-corrected chi connectivity index (χ1v) is 12.5. The van der Waals surface area contributed by atoms with Gasteiger partial charge in [-0.2, -0.15) is 14.6 Å². The molecule has 0 spiro atoms. The van der Waals surface area contributed by atoms with E-state index in [1.54, 1.807) is 6.33 Å². The van der Waals surface area contributed by atoms with E-state index < -0.39 is 0 Å². The van der Waals surface area contributed by atoms with Crippen molar-refractivity contribution in [2.45, 2.75) is 38.5 Å². The Morgan fingerprint density at radius 1 is 0.909 bits per heavy atom. The minimum atomic E-state index is -0.0484. The molecule has 7 nitrogen and oxygen atoms in total. The molecule has 3 aromatic rings. The number of carbonyl (C=O) groups is 1. The standard InChI is InChI=1S/C26H30N6O/c33-24(26-14-18-10-19(15-26)12-20(11-18)16-26)31-8-6-30(7-9-31)23-13-22(21-4-2-1-3-5-21)29-25-27-17-28-32(23)25/h1-5,13,17-20H,6-12,14-16H2. The molecule has 170 valence electrons. The molecule has 1 amide bonds. The monoisotopic (exact) mass is 442 g/mol. The van der Waals surface area contributed by atoms with E-state index in [1.165, 1.54) is 19.3 Å². The van der Waals surface area contributed by atoms with Crippen molar-refractivity contribution in [3.63, 3.8) is 0 Å². The molecule has 4 aliphatic carbocycles. The molecule has 0 atom stereocenters. The van der Waals surface area contributed by atoms with Gasteiger partial charge in [0.1, 0.15) is 12.1 Å². The highest BCUT2D eigenvalue weighted by Crippen LogP contribution is 2.60. The summed E-state index contributed by atoms with van der Waals surface area (Å²) < 4.78 is 1.82. The number of nitrogens with zero attached hydrogens (tertiary/aromatic N) is 6. The maximum atomic E-state index is 13.8. The van der Waals surface area contributed by atoms with Crippen LogP contribution in [0, 0.1) is 23.2 Å². The summed E-state index contributed by atoms with van der Waals surface area (Å²) in [6.45, 7) is 3.18. The third-order valence-electron chi connectivity index (χ3n) is 8.69. The molecular weight excluding hydrogens is 412 g/mol. The van der Waals surface area contributed by atoms with Crippen molar-refractivity contribution < 1.29 is 4.79 Å². The number of hydrogen-bond acceptors (Lipinski definition) is 5. The van der Waals surface area contributed by atoms with Crippen LogP contribution in [0.25, 0.3) is 17.0 Å². The summed E-state index contributed by atoms with van der Waals surface area (Å²) in [5.41, 5.74) is 1.92. The van der Waals surface area contributed by atoms with Gasteiger partial charge in [-0.25, -0.2) is 4.98 Å². The van der Waals surface area contributed by atoms with E-state index in [0.29, 0.717) is 11.7 Å². The van der Waals surface area contributed by atoms with E-state index in [-0.39, 0.29) is 5.41 Å². The molecule has 1 saturated heterocycles. The number of benzene rings is 1. The van der Waals surface area contributed by atoms with Crippen molar-refractivity contribution in [2.75, 3.05) is 31.1 Å². The lowest BCUT2D eigenvalue weighted by molar-refractivity contribution is -0.158. The van der Waals surface area contributed by atoms with Gasteiger partial charge in [0.05, 0.1) is 11.1 Å². The summed E-state index contributed by atoms with van der Waals surface area (Å²) in [5, 5.41) is 4.43. The molecule has 8 rings (SSSR count). The molecule has 0 N–H and O–H groups in total. The Morgan fingerprint density at radius 2 is 1.58 bits per heavy atom. The van der Waals surface area contributed by atoms with Gasteiger partial charge in [0.15, 0.2) is 0 Å². The molecule has 5 aliphatic rings. The van der Waals surface area contributed by atoms with Crippen molar-refractivity contribution >= 4 is 17.5 Å². The number of amides is 1. The predicted molar refractivity (Wildman–Crippen MR) is 126 cm³/mol. The van der Waals surface area contributed by atoms with Crippen molar-refractivity contribution in [1.82, 2.24) is 24.5 Å². The zero-order valence-electron chi connectivity index (χ0n) is 18.9. The Balaban J connectivity index is 1.12. The van der Waals surface area contributed by atoms with Gasteiger partial charge in [-0.15, -0.1) is 0 Å². The van der Waals surface area contributed by atoms with Crippen LogP contribution in [0.4, 0.5) is 5.82 Å². The second-order valence-electron chi connectivity index (χ2n) is 10.8. The smallest absolute Gasteiger partial charge is 0.254 e. The number of aromatic nitrogens is 4. The predicted octanol–water partition coefficient (Wildman–Crippen LogP) is 3.66. The average molecular weight is 443 g/mol. The number of piperazine rings is 1. The van der Waals surface area contributed by atoms with Crippen LogP contribution in [0.15, 0.2) is 42.7 Å². The summed E-state index contributed by atoms with van der Waals surface area (Å²) in [5.74, 6) is 4.46. The molecule has 0 radical (unpaired) electrons. The lowest BCUT2D eigenvalue weighted by atomic mass is 9.49. The third-order valence-corrected chi connectivity index (χ3v) is 8.69. The number of hydrogen-bond donors (Lipinski definition) is 0. The van der Waals surface area contributed by atoms with Crippen LogP contribution >= 0.6 is 0 Å². The third kappa shape index (κ3) is 3.15. The highest BCUT2D eigenvalue weighted by atomic mass is 16.2. The zero-order valence-corrected chi connectivity index (χ0v) is 18.9. The summed E-state index contributed by atoms with van der Waals surface area (Å²) in [4.78, 5) is 27.3.